The molecule has 2 aromatic rings. The van der Waals surface area contributed by atoms with Crippen molar-refractivity contribution >= 4 is 28.8 Å². The third-order valence-electron chi connectivity index (χ3n) is 3.88. The fourth-order valence-corrected chi connectivity index (χ4v) is 3.12. The zero-order chi connectivity index (χ0) is 16.4. The lowest BCUT2D eigenvalue weighted by atomic mass is 10.1. The summed E-state index contributed by atoms with van der Waals surface area (Å²) in [4.78, 5) is 25.2. The summed E-state index contributed by atoms with van der Waals surface area (Å²) in [5.41, 5.74) is 1.14. The zero-order valence-corrected chi connectivity index (χ0v) is 13.9. The summed E-state index contributed by atoms with van der Waals surface area (Å²) >= 11 is 1.64. The maximum Gasteiger partial charge on any atom is 0.313 e. The van der Waals surface area contributed by atoms with E-state index in [2.05, 4.69) is 15.8 Å². The molecule has 0 bridgehead atoms. The van der Waals surface area contributed by atoms with Crippen LogP contribution in [0.15, 0.2) is 22.0 Å². The molecule has 7 heteroatoms. The molecule has 1 aliphatic carbocycles. The molecule has 2 amide bonds. The first-order chi connectivity index (χ1) is 11.1. The van der Waals surface area contributed by atoms with Gasteiger partial charge in [-0.2, -0.15) is 0 Å². The van der Waals surface area contributed by atoms with Crippen LogP contribution in [0, 0.1) is 6.92 Å². The van der Waals surface area contributed by atoms with Crippen molar-refractivity contribution in [1.29, 1.82) is 0 Å². The monoisotopic (exact) mass is 333 g/mol. The maximum absolute atomic E-state index is 12.1. The van der Waals surface area contributed by atoms with Gasteiger partial charge in [-0.25, -0.2) is 0 Å². The molecule has 1 saturated carbocycles. The number of carbonyl (C=O) groups excluding carboxylic acids is 2. The van der Waals surface area contributed by atoms with Crippen LogP contribution in [0.2, 0.25) is 0 Å². The van der Waals surface area contributed by atoms with Crippen molar-refractivity contribution in [3.8, 4) is 0 Å². The van der Waals surface area contributed by atoms with Gasteiger partial charge in [0.2, 0.25) is 0 Å². The first-order valence-electron chi connectivity index (χ1n) is 7.65. The van der Waals surface area contributed by atoms with Crippen molar-refractivity contribution < 1.29 is 14.1 Å². The molecule has 1 atom stereocenters. The predicted molar refractivity (Wildman–Crippen MR) is 87.6 cm³/mol. The molecule has 122 valence electrons. The van der Waals surface area contributed by atoms with Gasteiger partial charge in [0.1, 0.15) is 11.4 Å². The number of hydrogen-bond acceptors (Lipinski definition) is 5. The second-order valence-corrected chi connectivity index (χ2v) is 6.84. The maximum atomic E-state index is 12.1. The summed E-state index contributed by atoms with van der Waals surface area (Å²) in [7, 11) is 0. The number of amides is 2. The Kier molecular flexibility index (Phi) is 4.47. The Bertz CT molecular complexity index is 704. The highest BCUT2D eigenvalue weighted by Crippen LogP contribution is 2.44. The van der Waals surface area contributed by atoms with Crippen molar-refractivity contribution in [1.82, 2.24) is 10.5 Å². The Hall–Kier alpha value is -2.15. The number of nitrogens with one attached hydrogen (secondary N) is 2. The Labute approximate surface area is 138 Å². The summed E-state index contributed by atoms with van der Waals surface area (Å²) < 4.78 is 5.25. The summed E-state index contributed by atoms with van der Waals surface area (Å²) in [6.45, 7) is 4.19. The van der Waals surface area contributed by atoms with E-state index in [9.17, 15) is 9.59 Å². The van der Waals surface area contributed by atoms with Gasteiger partial charge in [0.15, 0.2) is 5.76 Å². The first-order valence-corrected chi connectivity index (χ1v) is 8.53. The third-order valence-corrected chi connectivity index (χ3v) is 4.98. The molecule has 0 unspecified atom stereocenters. The van der Waals surface area contributed by atoms with E-state index in [4.69, 9.17) is 4.52 Å². The Balaban J connectivity index is 1.56. The molecule has 3 rings (SSSR count). The van der Waals surface area contributed by atoms with Crippen molar-refractivity contribution in [3.63, 3.8) is 0 Å². The van der Waals surface area contributed by atoms with Crippen LogP contribution in [-0.4, -0.2) is 23.5 Å². The number of anilines is 1. The lowest BCUT2D eigenvalue weighted by molar-refractivity contribution is -0.136. The summed E-state index contributed by atoms with van der Waals surface area (Å²) in [6.07, 6.45) is 2.06. The van der Waals surface area contributed by atoms with Gasteiger partial charge in [0, 0.05) is 23.3 Å². The second-order valence-electron chi connectivity index (χ2n) is 5.86. The highest BCUT2D eigenvalue weighted by atomic mass is 32.1. The van der Waals surface area contributed by atoms with Crippen molar-refractivity contribution in [2.24, 2.45) is 0 Å². The molecular formula is C16H19N3O3S. The second kappa shape index (κ2) is 6.54. The molecule has 23 heavy (non-hydrogen) atoms. The van der Waals surface area contributed by atoms with Crippen LogP contribution in [-0.2, 0) is 9.59 Å². The predicted octanol–water partition coefficient (Wildman–Crippen LogP) is 2.78. The van der Waals surface area contributed by atoms with Gasteiger partial charge in [0.25, 0.3) is 0 Å². The molecule has 6 nitrogen and oxygen atoms in total. The minimum absolute atomic E-state index is 0.172. The number of aromatic nitrogens is 1. The van der Waals surface area contributed by atoms with Crippen LogP contribution in [0.5, 0.6) is 0 Å². The first kappa shape index (κ1) is 15.7. The number of aryl methyl sites for hydroxylation is 1. The van der Waals surface area contributed by atoms with Crippen molar-refractivity contribution in [2.75, 3.05) is 11.9 Å². The van der Waals surface area contributed by atoms with Crippen LogP contribution < -0.4 is 10.6 Å². The highest BCUT2D eigenvalue weighted by Gasteiger charge is 2.32. The van der Waals surface area contributed by atoms with Crippen LogP contribution in [0.3, 0.4) is 0 Å². The van der Waals surface area contributed by atoms with Crippen LogP contribution in [0.4, 0.5) is 5.69 Å². The van der Waals surface area contributed by atoms with E-state index in [1.165, 1.54) is 4.88 Å². The number of carbonyl (C=O) groups is 2. The number of nitrogens with zero attached hydrogens (tertiary/aromatic N) is 1. The Morgan fingerprint density at radius 2 is 2.22 bits per heavy atom. The highest BCUT2D eigenvalue weighted by molar-refractivity contribution is 7.10. The molecule has 0 radical (unpaired) electrons. The molecule has 0 aliphatic heterocycles. The quantitative estimate of drug-likeness (QED) is 0.824. The zero-order valence-electron chi connectivity index (χ0n) is 13.1. The van der Waals surface area contributed by atoms with Gasteiger partial charge in [-0.05, 0) is 31.2 Å². The SMILES string of the molecule is Cc1noc(C2CC2)c1NC(=O)C(=O)NC[C@H](C)c1cccs1. The molecule has 1 fully saturated rings. The van der Waals surface area contributed by atoms with Gasteiger partial charge in [-0.3, -0.25) is 9.59 Å². The fraction of sp³-hybridized carbons (Fsp3) is 0.438. The summed E-state index contributed by atoms with van der Waals surface area (Å²) in [6, 6.07) is 3.99. The minimum Gasteiger partial charge on any atom is -0.359 e. The van der Waals surface area contributed by atoms with Crippen LogP contribution in [0.25, 0.3) is 0 Å². The average molecular weight is 333 g/mol. The van der Waals surface area contributed by atoms with E-state index in [0.717, 1.165) is 12.8 Å². The van der Waals surface area contributed by atoms with E-state index in [0.29, 0.717) is 29.6 Å². The molecular weight excluding hydrogens is 314 g/mol. The molecule has 0 saturated heterocycles. The lowest BCUT2D eigenvalue weighted by Gasteiger charge is -2.11. The third kappa shape index (κ3) is 3.61. The Morgan fingerprint density at radius 1 is 1.43 bits per heavy atom. The molecule has 1 aliphatic rings. The van der Waals surface area contributed by atoms with Gasteiger partial charge in [-0.1, -0.05) is 18.1 Å². The lowest BCUT2D eigenvalue weighted by Crippen LogP contribution is -2.37. The normalized spacial score (nSPS) is 15.2. The van der Waals surface area contributed by atoms with E-state index in [-0.39, 0.29) is 5.92 Å². The van der Waals surface area contributed by atoms with E-state index < -0.39 is 11.8 Å². The minimum atomic E-state index is -0.684. The standard InChI is InChI=1S/C16H19N3O3S/c1-9(12-4-3-7-23-12)8-17-15(20)16(21)18-13-10(2)19-22-14(13)11-5-6-11/h3-4,7,9,11H,5-6,8H2,1-2H3,(H,17,20)(H,18,21)/t9-/m0/s1. The van der Waals surface area contributed by atoms with E-state index >= 15 is 0 Å². The van der Waals surface area contributed by atoms with Crippen LogP contribution >= 0.6 is 11.3 Å². The molecule has 2 N–H and O–H groups in total. The largest absolute Gasteiger partial charge is 0.359 e. The molecule has 0 spiro atoms. The molecule has 2 aromatic heterocycles. The van der Waals surface area contributed by atoms with E-state index in [1.807, 2.05) is 24.4 Å². The molecule has 2 heterocycles. The average Bonchev–Trinajstić information content (AvgIpc) is 3.10. The van der Waals surface area contributed by atoms with Gasteiger partial charge in [0.05, 0.1) is 0 Å². The molecule has 0 aromatic carbocycles. The Morgan fingerprint density at radius 3 is 2.87 bits per heavy atom. The van der Waals surface area contributed by atoms with Gasteiger partial charge in [-0.15, -0.1) is 11.3 Å². The van der Waals surface area contributed by atoms with Gasteiger partial charge < -0.3 is 15.2 Å². The smallest absolute Gasteiger partial charge is 0.313 e. The van der Waals surface area contributed by atoms with Gasteiger partial charge >= 0.3 is 11.8 Å². The number of hydrogen-bond donors (Lipinski definition) is 2. The van der Waals surface area contributed by atoms with E-state index in [1.54, 1.807) is 18.3 Å². The summed E-state index contributed by atoms with van der Waals surface area (Å²) in [5.74, 6) is -0.164. The topological polar surface area (TPSA) is 84.2 Å². The van der Waals surface area contributed by atoms with Crippen LogP contribution in [0.1, 0.15) is 47.9 Å². The fourth-order valence-electron chi connectivity index (χ4n) is 2.33. The van der Waals surface area contributed by atoms with Crippen molar-refractivity contribution in [3.05, 3.63) is 33.8 Å². The number of thiophene rings is 1. The van der Waals surface area contributed by atoms with Crippen molar-refractivity contribution in [2.45, 2.75) is 38.5 Å². The number of rotatable bonds is 5. The summed E-state index contributed by atoms with van der Waals surface area (Å²) in [5, 5.41) is 11.2.